The lowest BCUT2D eigenvalue weighted by molar-refractivity contribution is 0.228. The van der Waals surface area contributed by atoms with Crippen LogP contribution in [0.25, 0.3) is 0 Å². The van der Waals surface area contributed by atoms with Crippen molar-refractivity contribution in [2.75, 3.05) is 19.6 Å². The summed E-state index contributed by atoms with van der Waals surface area (Å²) in [7, 11) is 0. The van der Waals surface area contributed by atoms with Gasteiger partial charge in [0.25, 0.3) is 0 Å². The van der Waals surface area contributed by atoms with E-state index >= 15 is 0 Å². The predicted octanol–water partition coefficient (Wildman–Crippen LogP) is 3.81. The molecule has 2 heteroatoms. The first-order chi connectivity index (χ1) is 7.79. The zero-order valence-electron chi connectivity index (χ0n) is 9.53. The molecular weight excluding hydrogens is 262 g/mol. The van der Waals surface area contributed by atoms with Gasteiger partial charge in [0, 0.05) is 17.6 Å². The maximum atomic E-state index is 3.82. The Morgan fingerprint density at radius 3 is 2.81 bits per heavy atom. The van der Waals surface area contributed by atoms with E-state index in [1.165, 1.54) is 31.5 Å². The Morgan fingerprint density at radius 1 is 1.38 bits per heavy atom. The van der Waals surface area contributed by atoms with Crippen LogP contribution in [-0.4, -0.2) is 24.5 Å². The van der Waals surface area contributed by atoms with Crippen LogP contribution in [0.4, 0.5) is 0 Å². The van der Waals surface area contributed by atoms with Crippen LogP contribution in [0.15, 0.2) is 41.4 Å². The third kappa shape index (κ3) is 2.96. The van der Waals surface area contributed by atoms with Crippen molar-refractivity contribution in [3.63, 3.8) is 0 Å². The molecule has 0 N–H and O–H groups in total. The number of nitrogens with zero attached hydrogens (tertiary/aromatic N) is 1. The van der Waals surface area contributed by atoms with Crippen molar-refractivity contribution in [3.05, 3.63) is 47.0 Å². The first-order valence-electron chi connectivity index (χ1n) is 5.88. The summed E-state index contributed by atoms with van der Waals surface area (Å²) >= 11 is 3.48. The smallest absolute Gasteiger partial charge is 0.0175 e. The Kier molecular flexibility index (Phi) is 4.19. The molecule has 1 aliphatic heterocycles. The number of hydrogen-bond acceptors (Lipinski definition) is 1. The number of piperidine rings is 1. The molecule has 0 spiro atoms. The Morgan fingerprint density at radius 2 is 2.12 bits per heavy atom. The van der Waals surface area contributed by atoms with E-state index in [0.29, 0.717) is 5.92 Å². The molecule has 0 radical (unpaired) electrons. The van der Waals surface area contributed by atoms with Gasteiger partial charge in [0.2, 0.25) is 0 Å². The van der Waals surface area contributed by atoms with E-state index in [9.17, 15) is 0 Å². The highest BCUT2D eigenvalue weighted by Crippen LogP contribution is 2.27. The van der Waals surface area contributed by atoms with Crippen LogP contribution in [0, 0.1) is 0 Å². The van der Waals surface area contributed by atoms with Crippen molar-refractivity contribution >= 4 is 15.9 Å². The third-order valence-electron chi connectivity index (χ3n) is 3.23. The molecule has 0 amide bonds. The van der Waals surface area contributed by atoms with E-state index in [1.54, 1.807) is 0 Å². The molecule has 0 aliphatic carbocycles. The fourth-order valence-electron chi connectivity index (χ4n) is 2.41. The van der Waals surface area contributed by atoms with Gasteiger partial charge in [-0.1, -0.05) is 34.1 Å². The minimum absolute atomic E-state index is 0.696. The number of likely N-dealkylation sites (tertiary alicyclic amines) is 1. The SMILES string of the molecule is C=CCN1CCCC(c2ccc(Br)cc2)C1. The molecule has 1 fully saturated rings. The van der Waals surface area contributed by atoms with E-state index in [2.05, 4.69) is 51.7 Å². The molecule has 1 heterocycles. The quantitative estimate of drug-likeness (QED) is 0.761. The van der Waals surface area contributed by atoms with Crippen LogP contribution in [0.3, 0.4) is 0 Å². The maximum absolute atomic E-state index is 3.82. The van der Waals surface area contributed by atoms with Gasteiger partial charge < -0.3 is 0 Å². The van der Waals surface area contributed by atoms with Crippen molar-refractivity contribution in [2.24, 2.45) is 0 Å². The first-order valence-corrected chi connectivity index (χ1v) is 6.67. The second-order valence-corrected chi connectivity index (χ2v) is 5.35. The minimum Gasteiger partial charge on any atom is -0.299 e. The summed E-state index contributed by atoms with van der Waals surface area (Å²) in [5, 5.41) is 0. The first kappa shape index (κ1) is 11.9. The lowest BCUT2D eigenvalue weighted by atomic mass is 9.91. The van der Waals surface area contributed by atoms with Crippen LogP contribution in [0.1, 0.15) is 24.3 Å². The van der Waals surface area contributed by atoms with Gasteiger partial charge in [-0.25, -0.2) is 0 Å². The van der Waals surface area contributed by atoms with Crippen molar-refractivity contribution < 1.29 is 0 Å². The molecule has 1 saturated heterocycles. The zero-order valence-corrected chi connectivity index (χ0v) is 11.1. The molecule has 0 bridgehead atoms. The van der Waals surface area contributed by atoms with E-state index < -0.39 is 0 Å². The molecule has 86 valence electrons. The van der Waals surface area contributed by atoms with Crippen LogP contribution in [0.5, 0.6) is 0 Å². The summed E-state index contributed by atoms with van der Waals surface area (Å²) in [5.41, 5.74) is 1.47. The standard InChI is InChI=1S/C14H18BrN/c1-2-9-16-10-3-4-13(11-16)12-5-7-14(15)8-6-12/h2,5-8,13H,1,3-4,9-11H2. The van der Waals surface area contributed by atoms with Gasteiger partial charge in [0.05, 0.1) is 0 Å². The average Bonchev–Trinajstić information content (AvgIpc) is 2.31. The summed E-state index contributed by atoms with van der Waals surface area (Å²) < 4.78 is 1.16. The number of hydrogen-bond donors (Lipinski definition) is 0. The average molecular weight is 280 g/mol. The minimum atomic E-state index is 0.696. The molecular formula is C14H18BrN. The Hall–Kier alpha value is -0.600. The lowest BCUT2D eigenvalue weighted by Gasteiger charge is -2.32. The molecule has 1 unspecified atom stereocenters. The summed E-state index contributed by atoms with van der Waals surface area (Å²) in [6, 6.07) is 8.77. The summed E-state index contributed by atoms with van der Waals surface area (Å²) in [5.74, 6) is 0.696. The van der Waals surface area contributed by atoms with Gasteiger partial charge in [-0.15, -0.1) is 6.58 Å². The number of rotatable bonds is 3. The second-order valence-electron chi connectivity index (χ2n) is 4.44. The van der Waals surface area contributed by atoms with Crippen LogP contribution in [-0.2, 0) is 0 Å². The van der Waals surface area contributed by atoms with Crippen LogP contribution in [0.2, 0.25) is 0 Å². The molecule has 1 atom stereocenters. The second kappa shape index (κ2) is 5.65. The fourth-order valence-corrected chi connectivity index (χ4v) is 2.68. The highest BCUT2D eigenvalue weighted by Gasteiger charge is 2.20. The summed E-state index contributed by atoms with van der Waals surface area (Å²) in [6.07, 6.45) is 4.62. The van der Waals surface area contributed by atoms with Crippen molar-refractivity contribution in [1.82, 2.24) is 4.90 Å². The maximum Gasteiger partial charge on any atom is 0.0175 e. The van der Waals surface area contributed by atoms with Crippen molar-refractivity contribution in [2.45, 2.75) is 18.8 Å². The van der Waals surface area contributed by atoms with Crippen LogP contribution < -0.4 is 0 Å². The normalized spacial score (nSPS) is 21.9. The van der Waals surface area contributed by atoms with E-state index in [0.717, 1.165) is 11.0 Å². The topological polar surface area (TPSA) is 3.24 Å². The van der Waals surface area contributed by atoms with Crippen molar-refractivity contribution in [3.8, 4) is 0 Å². The monoisotopic (exact) mass is 279 g/mol. The molecule has 1 aromatic carbocycles. The fraction of sp³-hybridized carbons (Fsp3) is 0.429. The molecule has 1 aliphatic rings. The Bertz CT molecular complexity index is 344. The Balaban J connectivity index is 2.03. The molecule has 0 aromatic heterocycles. The van der Waals surface area contributed by atoms with Gasteiger partial charge in [-0.05, 0) is 43.0 Å². The van der Waals surface area contributed by atoms with E-state index in [4.69, 9.17) is 0 Å². The van der Waals surface area contributed by atoms with Crippen LogP contribution >= 0.6 is 15.9 Å². The van der Waals surface area contributed by atoms with Gasteiger partial charge in [0.15, 0.2) is 0 Å². The van der Waals surface area contributed by atoms with Gasteiger partial charge >= 0.3 is 0 Å². The summed E-state index contributed by atoms with van der Waals surface area (Å²) in [4.78, 5) is 2.49. The highest BCUT2D eigenvalue weighted by molar-refractivity contribution is 9.10. The molecule has 0 saturated carbocycles. The molecule has 1 nitrogen and oxygen atoms in total. The summed E-state index contributed by atoms with van der Waals surface area (Å²) in [6.45, 7) is 7.23. The van der Waals surface area contributed by atoms with Crippen molar-refractivity contribution in [1.29, 1.82) is 0 Å². The number of halogens is 1. The van der Waals surface area contributed by atoms with E-state index in [-0.39, 0.29) is 0 Å². The van der Waals surface area contributed by atoms with Gasteiger partial charge in [-0.3, -0.25) is 4.90 Å². The zero-order chi connectivity index (χ0) is 11.4. The highest BCUT2D eigenvalue weighted by atomic mass is 79.9. The molecule has 2 rings (SSSR count). The van der Waals surface area contributed by atoms with Gasteiger partial charge in [-0.2, -0.15) is 0 Å². The molecule has 16 heavy (non-hydrogen) atoms. The van der Waals surface area contributed by atoms with E-state index in [1.807, 2.05) is 6.08 Å². The Labute approximate surface area is 106 Å². The predicted molar refractivity (Wildman–Crippen MR) is 72.8 cm³/mol. The number of benzene rings is 1. The van der Waals surface area contributed by atoms with Gasteiger partial charge in [0.1, 0.15) is 0 Å². The largest absolute Gasteiger partial charge is 0.299 e. The molecule has 1 aromatic rings. The third-order valence-corrected chi connectivity index (χ3v) is 3.76. The lowest BCUT2D eigenvalue weighted by Crippen LogP contribution is -2.34.